The lowest BCUT2D eigenvalue weighted by Gasteiger charge is -2.05. The van der Waals surface area contributed by atoms with Crippen molar-refractivity contribution in [3.8, 4) is 11.4 Å². The van der Waals surface area contributed by atoms with Gasteiger partial charge in [-0.25, -0.2) is 4.68 Å². The standard InChI is InChI=1S/C11H9BrN2O2/c1-16-8-5-13-14(6-8)11-4-2-3-10(12)9(11)7-15/h2-7H,1H3. The SMILES string of the molecule is COc1cnn(-c2cccc(Br)c2C=O)c1. The molecule has 0 spiro atoms. The van der Waals surface area contributed by atoms with Gasteiger partial charge in [0.15, 0.2) is 12.0 Å². The summed E-state index contributed by atoms with van der Waals surface area (Å²) >= 11 is 3.32. The van der Waals surface area contributed by atoms with Crippen LogP contribution in [0.1, 0.15) is 10.4 Å². The molecule has 0 aliphatic rings. The van der Waals surface area contributed by atoms with Gasteiger partial charge < -0.3 is 4.74 Å². The van der Waals surface area contributed by atoms with Crippen LogP contribution in [0.2, 0.25) is 0 Å². The maximum Gasteiger partial charge on any atom is 0.157 e. The monoisotopic (exact) mass is 280 g/mol. The summed E-state index contributed by atoms with van der Waals surface area (Å²) in [6.07, 6.45) is 4.11. The minimum absolute atomic E-state index is 0.563. The predicted octanol–water partition coefficient (Wildman–Crippen LogP) is 2.46. The number of carbonyl (C=O) groups excluding carboxylic acids is 1. The van der Waals surface area contributed by atoms with Crippen LogP contribution < -0.4 is 4.74 Å². The Bertz CT molecular complexity index is 522. The van der Waals surface area contributed by atoms with Gasteiger partial charge in [-0.3, -0.25) is 4.79 Å². The normalized spacial score (nSPS) is 10.1. The molecule has 82 valence electrons. The third kappa shape index (κ3) is 1.86. The molecule has 0 atom stereocenters. The van der Waals surface area contributed by atoms with Crippen molar-refractivity contribution in [2.24, 2.45) is 0 Å². The Morgan fingerprint density at radius 3 is 2.94 bits per heavy atom. The molecule has 16 heavy (non-hydrogen) atoms. The number of hydrogen-bond acceptors (Lipinski definition) is 3. The predicted molar refractivity (Wildman–Crippen MR) is 63.2 cm³/mol. The molecule has 4 nitrogen and oxygen atoms in total. The van der Waals surface area contributed by atoms with E-state index in [1.807, 2.05) is 18.2 Å². The van der Waals surface area contributed by atoms with Gasteiger partial charge >= 0.3 is 0 Å². The highest BCUT2D eigenvalue weighted by atomic mass is 79.9. The Morgan fingerprint density at radius 2 is 2.31 bits per heavy atom. The lowest BCUT2D eigenvalue weighted by molar-refractivity contribution is 0.112. The average Bonchev–Trinajstić information content (AvgIpc) is 2.77. The van der Waals surface area contributed by atoms with E-state index in [-0.39, 0.29) is 0 Å². The molecule has 0 fully saturated rings. The van der Waals surface area contributed by atoms with Crippen LogP contribution in [0.5, 0.6) is 5.75 Å². The molecular formula is C11H9BrN2O2. The minimum Gasteiger partial charge on any atom is -0.493 e. The second-order valence-corrected chi connectivity index (χ2v) is 3.97. The number of nitrogens with zero attached hydrogens (tertiary/aromatic N) is 2. The molecule has 1 aromatic heterocycles. The fourth-order valence-corrected chi connectivity index (χ4v) is 1.83. The van der Waals surface area contributed by atoms with E-state index in [1.165, 1.54) is 0 Å². The number of carbonyl (C=O) groups is 1. The fourth-order valence-electron chi connectivity index (χ4n) is 1.39. The number of benzene rings is 1. The first-order valence-corrected chi connectivity index (χ1v) is 5.38. The number of aromatic nitrogens is 2. The number of aldehydes is 1. The third-order valence-electron chi connectivity index (χ3n) is 2.19. The van der Waals surface area contributed by atoms with Crippen LogP contribution in [0.3, 0.4) is 0 Å². The molecule has 0 saturated heterocycles. The number of halogens is 1. The first-order chi connectivity index (χ1) is 7.76. The average molecular weight is 281 g/mol. The maximum absolute atomic E-state index is 11.0. The topological polar surface area (TPSA) is 44.1 Å². The molecule has 0 aliphatic heterocycles. The number of methoxy groups -OCH3 is 1. The van der Waals surface area contributed by atoms with Crippen LogP contribution in [-0.4, -0.2) is 23.2 Å². The third-order valence-corrected chi connectivity index (χ3v) is 2.88. The van der Waals surface area contributed by atoms with Crippen molar-refractivity contribution >= 4 is 22.2 Å². The van der Waals surface area contributed by atoms with E-state index < -0.39 is 0 Å². The highest BCUT2D eigenvalue weighted by Crippen LogP contribution is 2.22. The number of rotatable bonds is 3. The quantitative estimate of drug-likeness (QED) is 0.812. The van der Waals surface area contributed by atoms with Crippen LogP contribution in [0, 0.1) is 0 Å². The molecule has 0 radical (unpaired) electrons. The van der Waals surface area contributed by atoms with Gasteiger partial charge in [-0.05, 0) is 28.1 Å². The van der Waals surface area contributed by atoms with E-state index in [0.717, 1.165) is 10.8 Å². The van der Waals surface area contributed by atoms with E-state index in [9.17, 15) is 4.79 Å². The Hall–Kier alpha value is -1.62. The van der Waals surface area contributed by atoms with Gasteiger partial charge in [0.2, 0.25) is 0 Å². The van der Waals surface area contributed by atoms with Crippen molar-refractivity contribution in [2.75, 3.05) is 7.11 Å². The largest absolute Gasteiger partial charge is 0.493 e. The lowest BCUT2D eigenvalue weighted by Crippen LogP contribution is -1.99. The fraction of sp³-hybridized carbons (Fsp3) is 0.0909. The van der Waals surface area contributed by atoms with Gasteiger partial charge in [-0.2, -0.15) is 5.10 Å². The Morgan fingerprint density at radius 1 is 1.50 bits per heavy atom. The number of ether oxygens (including phenoxy) is 1. The van der Waals surface area contributed by atoms with Crippen molar-refractivity contribution in [3.63, 3.8) is 0 Å². The number of hydrogen-bond donors (Lipinski definition) is 0. The zero-order valence-electron chi connectivity index (χ0n) is 8.55. The summed E-state index contributed by atoms with van der Waals surface area (Å²) < 4.78 is 7.39. The molecule has 2 aromatic rings. The first kappa shape index (κ1) is 10.9. The Balaban J connectivity index is 2.54. The smallest absolute Gasteiger partial charge is 0.157 e. The first-order valence-electron chi connectivity index (χ1n) is 4.59. The van der Waals surface area contributed by atoms with Gasteiger partial charge in [0, 0.05) is 4.47 Å². The van der Waals surface area contributed by atoms with E-state index in [4.69, 9.17) is 4.74 Å². The van der Waals surface area contributed by atoms with E-state index in [0.29, 0.717) is 17.0 Å². The minimum atomic E-state index is 0.563. The zero-order chi connectivity index (χ0) is 11.5. The summed E-state index contributed by atoms with van der Waals surface area (Å²) in [5, 5.41) is 4.12. The van der Waals surface area contributed by atoms with Crippen molar-refractivity contribution in [1.82, 2.24) is 9.78 Å². The molecule has 0 aliphatic carbocycles. The molecule has 0 saturated carbocycles. The van der Waals surface area contributed by atoms with Crippen LogP contribution >= 0.6 is 15.9 Å². The van der Waals surface area contributed by atoms with Crippen molar-refractivity contribution in [3.05, 3.63) is 40.6 Å². The summed E-state index contributed by atoms with van der Waals surface area (Å²) in [7, 11) is 1.57. The molecule has 1 heterocycles. The molecule has 5 heteroatoms. The summed E-state index contributed by atoms with van der Waals surface area (Å²) in [6, 6.07) is 5.48. The van der Waals surface area contributed by atoms with Gasteiger partial charge in [-0.1, -0.05) is 6.07 Å². The van der Waals surface area contributed by atoms with E-state index in [1.54, 1.807) is 24.2 Å². The second-order valence-electron chi connectivity index (χ2n) is 3.12. The van der Waals surface area contributed by atoms with E-state index >= 15 is 0 Å². The van der Waals surface area contributed by atoms with Crippen molar-refractivity contribution < 1.29 is 9.53 Å². The maximum atomic E-state index is 11.0. The van der Waals surface area contributed by atoms with Crippen molar-refractivity contribution in [1.29, 1.82) is 0 Å². The second kappa shape index (κ2) is 4.49. The zero-order valence-corrected chi connectivity index (χ0v) is 10.1. The summed E-state index contributed by atoms with van der Waals surface area (Å²) in [4.78, 5) is 11.0. The Kier molecular flexibility index (Phi) is 3.05. The molecule has 0 N–H and O–H groups in total. The molecule has 0 bridgehead atoms. The van der Waals surface area contributed by atoms with Crippen LogP contribution in [0.4, 0.5) is 0 Å². The highest BCUT2D eigenvalue weighted by molar-refractivity contribution is 9.10. The molecule has 2 rings (SSSR count). The Labute approximate surface area is 101 Å². The van der Waals surface area contributed by atoms with Gasteiger partial charge in [-0.15, -0.1) is 0 Å². The van der Waals surface area contributed by atoms with Gasteiger partial charge in [0.1, 0.15) is 0 Å². The molecule has 1 aromatic carbocycles. The lowest BCUT2D eigenvalue weighted by atomic mass is 10.2. The summed E-state index contributed by atoms with van der Waals surface area (Å²) in [5.74, 6) is 0.650. The molecular weight excluding hydrogens is 272 g/mol. The summed E-state index contributed by atoms with van der Waals surface area (Å²) in [6.45, 7) is 0. The molecule has 0 unspecified atom stereocenters. The van der Waals surface area contributed by atoms with Gasteiger partial charge in [0.05, 0.1) is 30.8 Å². The van der Waals surface area contributed by atoms with Crippen molar-refractivity contribution in [2.45, 2.75) is 0 Å². The van der Waals surface area contributed by atoms with Gasteiger partial charge in [0.25, 0.3) is 0 Å². The summed E-state index contributed by atoms with van der Waals surface area (Å²) in [5.41, 5.74) is 1.28. The van der Waals surface area contributed by atoms with Crippen LogP contribution in [0.15, 0.2) is 35.1 Å². The van der Waals surface area contributed by atoms with Crippen LogP contribution in [-0.2, 0) is 0 Å². The highest BCUT2D eigenvalue weighted by Gasteiger charge is 2.08. The van der Waals surface area contributed by atoms with Crippen LogP contribution in [0.25, 0.3) is 5.69 Å². The molecule has 0 amide bonds. The van der Waals surface area contributed by atoms with E-state index in [2.05, 4.69) is 21.0 Å².